The van der Waals surface area contributed by atoms with E-state index in [0.29, 0.717) is 6.61 Å². The zero-order chi connectivity index (χ0) is 23.6. The second-order valence-electron chi connectivity index (χ2n) is 8.10. The van der Waals surface area contributed by atoms with Gasteiger partial charge in [0.05, 0.1) is 11.4 Å². The van der Waals surface area contributed by atoms with E-state index in [9.17, 15) is 0 Å². The van der Waals surface area contributed by atoms with Gasteiger partial charge in [-0.05, 0) is 55.1 Å². The standard InChI is InChI=1S/C29H32N4O/c1-3-33(4-2)21-20-30-28-18-19-29(27-13-9-8-12-26(27)28)32-31-24-14-16-25(17-15-24)34-22-23-10-6-5-7-11-23/h5-19,30H,3-4,20-22H2,1-2H3/b32-31+. The largest absolute Gasteiger partial charge is 0.489 e. The predicted octanol–water partition coefficient (Wildman–Crippen LogP) is 7.59. The lowest BCUT2D eigenvalue weighted by Gasteiger charge is -2.19. The maximum Gasteiger partial charge on any atom is 0.119 e. The van der Waals surface area contributed by atoms with Crippen LogP contribution in [0, 0.1) is 0 Å². The molecule has 0 radical (unpaired) electrons. The SMILES string of the molecule is CCN(CC)CCNc1ccc(/N=N/c2ccc(OCc3ccccc3)cc2)c2ccccc12. The molecule has 0 amide bonds. The maximum atomic E-state index is 5.86. The summed E-state index contributed by atoms with van der Waals surface area (Å²) in [5.74, 6) is 0.813. The number of benzene rings is 4. The summed E-state index contributed by atoms with van der Waals surface area (Å²) in [6.07, 6.45) is 0. The van der Waals surface area contributed by atoms with Crippen molar-refractivity contribution < 1.29 is 4.74 Å². The summed E-state index contributed by atoms with van der Waals surface area (Å²) in [5, 5.41) is 14.8. The zero-order valence-electron chi connectivity index (χ0n) is 19.9. The summed E-state index contributed by atoms with van der Waals surface area (Å²) in [7, 11) is 0. The highest BCUT2D eigenvalue weighted by atomic mass is 16.5. The lowest BCUT2D eigenvalue weighted by atomic mass is 10.1. The Kier molecular flexibility index (Phi) is 8.25. The van der Waals surface area contributed by atoms with Crippen molar-refractivity contribution >= 4 is 27.8 Å². The van der Waals surface area contributed by atoms with E-state index in [2.05, 4.69) is 70.7 Å². The molecule has 0 spiro atoms. The van der Waals surface area contributed by atoms with Gasteiger partial charge in [-0.2, -0.15) is 5.11 Å². The molecule has 0 atom stereocenters. The van der Waals surface area contributed by atoms with Crippen LogP contribution in [0.3, 0.4) is 0 Å². The van der Waals surface area contributed by atoms with Gasteiger partial charge in [0.2, 0.25) is 0 Å². The number of likely N-dealkylation sites (N-methyl/N-ethyl adjacent to an activating group) is 1. The molecule has 0 heterocycles. The number of nitrogens with one attached hydrogen (secondary N) is 1. The molecule has 4 aromatic carbocycles. The minimum Gasteiger partial charge on any atom is -0.489 e. The molecule has 0 aliphatic carbocycles. The summed E-state index contributed by atoms with van der Waals surface area (Å²) >= 11 is 0. The molecule has 0 unspecified atom stereocenters. The van der Waals surface area contributed by atoms with Gasteiger partial charge in [-0.25, -0.2) is 0 Å². The molecule has 174 valence electrons. The highest BCUT2D eigenvalue weighted by molar-refractivity contribution is 6.00. The van der Waals surface area contributed by atoms with Crippen LogP contribution >= 0.6 is 0 Å². The molecule has 5 nitrogen and oxygen atoms in total. The van der Waals surface area contributed by atoms with Crippen molar-refractivity contribution in [3.8, 4) is 5.75 Å². The molecule has 0 saturated heterocycles. The van der Waals surface area contributed by atoms with E-state index in [4.69, 9.17) is 4.74 Å². The lowest BCUT2D eigenvalue weighted by molar-refractivity contribution is 0.306. The molecule has 5 heteroatoms. The lowest BCUT2D eigenvalue weighted by Crippen LogP contribution is -2.28. The highest BCUT2D eigenvalue weighted by Crippen LogP contribution is 2.33. The number of azo groups is 1. The van der Waals surface area contributed by atoms with Gasteiger partial charge in [0.15, 0.2) is 0 Å². The van der Waals surface area contributed by atoms with E-state index >= 15 is 0 Å². The molecule has 4 aromatic rings. The van der Waals surface area contributed by atoms with Crippen molar-refractivity contribution in [1.29, 1.82) is 0 Å². The van der Waals surface area contributed by atoms with Crippen LogP contribution in [0.1, 0.15) is 19.4 Å². The van der Waals surface area contributed by atoms with E-state index in [0.717, 1.165) is 65.3 Å². The molecule has 0 bridgehead atoms. The Morgan fingerprint density at radius 2 is 1.44 bits per heavy atom. The Bertz CT molecular complexity index is 1200. The summed E-state index contributed by atoms with van der Waals surface area (Å²) in [6.45, 7) is 9.01. The van der Waals surface area contributed by atoms with Crippen LogP contribution in [-0.4, -0.2) is 31.1 Å². The van der Waals surface area contributed by atoms with Crippen molar-refractivity contribution in [2.24, 2.45) is 10.2 Å². The van der Waals surface area contributed by atoms with Crippen LogP contribution in [0.15, 0.2) is 101 Å². The Labute approximate surface area is 202 Å². The fourth-order valence-electron chi connectivity index (χ4n) is 3.87. The first-order valence-corrected chi connectivity index (χ1v) is 11.9. The number of hydrogen-bond donors (Lipinski definition) is 1. The number of anilines is 1. The van der Waals surface area contributed by atoms with Gasteiger partial charge >= 0.3 is 0 Å². The summed E-state index contributed by atoms with van der Waals surface area (Å²) in [4.78, 5) is 2.41. The maximum absolute atomic E-state index is 5.86. The van der Waals surface area contributed by atoms with Gasteiger partial charge < -0.3 is 15.0 Å². The normalized spacial score (nSPS) is 11.4. The summed E-state index contributed by atoms with van der Waals surface area (Å²) < 4.78 is 5.86. The Morgan fingerprint density at radius 3 is 2.18 bits per heavy atom. The fraction of sp³-hybridized carbons (Fsp3) is 0.241. The average molecular weight is 453 g/mol. The molecule has 0 aromatic heterocycles. The number of nitrogens with zero attached hydrogens (tertiary/aromatic N) is 3. The van der Waals surface area contributed by atoms with Gasteiger partial charge in [0, 0.05) is 29.5 Å². The molecular weight excluding hydrogens is 420 g/mol. The third-order valence-electron chi connectivity index (χ3n) is 5.90. The molecule has 34 heavy (non-hydrogen) atoms. The topological polar surface area (TPSA) is 49.2 Å². The van der Waals surface area contributed by atoms with E-state index in [-0.39, 0.29) is 0 Å². The van der Waals surface area contributed by atoms with Crippen molar-refractivity contribution in [2.45, 2.75) is 20.5 Å². The molecule has 0 fully saturated rings. The van der Waals surface area contributed by atoms with Crippen molar-refractivity contribution in [3.63, 3.8) is 0 Å². The third kappa shape index (κ3) is 6.21. The Balaban J connectivity index is 1.43. The van der Waals surface area contributed by atoms with Crippen LogP contribution in [0.2, 0.25) is 0 Å². The van der Waals surface area contributed by atoms with Crippen molar-refractivity contribution in [2.75, 3.05) is 31.5 Å². The van der Waals surface area contributed by atoms with Gasteiger partial charge in [-0.15, -0.1) is 5.11 Å². The van der Waals surface area contributed by atoms with Crippen LogP contribution < -0.4 is 10.1 Å². The molecule has 1 N–H and O–H groups in total. The molecular formula is C29H32N4O. The number of rotatable bonds is 11. The first-order valence-electron chi connectivity index (χ1n) is 11.9. The minimum atomic E-state index is 0.545. The monoisotopic (exact) mass is 452 g/mol. The van der Waals surface area contributed by atoms with Gasteiger partial charge in [0.1, 0.15) is 12.4 Å². The zero-order valence-corrected chi connectivity index (χ0v) is 19.9. The second kappa shape index (κ2) is 12.0. The van der Waals surface area contributed by atoms with Crippen LogP contribution in [0.5, 0.6) is 5.75 Å². The van der Waals surface area contributed by atoms with Gasteiger partial charge in [-0.1, -0.05) is 68.4 Å². The number of fused-ring (bicyclic) bond motifs is 1. The second-order valence-corrected chi connectivity index (χ2v) is 8.10. The molecule has 0 saturated carbocycles. The number of hydrogen-bond acceptors (Lipinski definition) is 5. The molecule has 4 rings (SSSR count). The van der Waals surface area contributed by atoms with Gasteiger partial charge in [-0.3, -0.25) is 0 Å². The van der Waals surface area contributed by atoms with Gasteiger partial charge in [0.25, 0.3) is 0 Å². The first kappa shape index (κ1) is 23.5. The highest BCUT2D eigenvalue weighted by Gasteiger charge is 2.06. The fourth-order valence-corrected chi connectivity index (χ4v) is 3.87. The predicted molar refractivity (Wildman–Crippen MR) is 142 cm³/mol. The van der Waals surface area contributed by atoms with E-state index in [1.165, 1.54) is 0 Å². The first-order chi connectivity index (χ1) is 16.8. The Hall–Kier alpha value is -3.70. The average Bonchev–Trinajstić information content (AvgIpc) is 2.90. The summed E-state index contributed by atoms with van der Waals surface area (Å²) in [5.41, 5.74) is 3.91. The van der Waals surface area contributed by atoms with E-state index in [1.54, 1.807) is 0 Å². The van der Waals surface area contributed by atoms with Crippen molar-refractivity contribution in [3.05, 3.63) is 96.6 Å². The molecule has 0 aliphatic heterocycles. The van der Waals surface area contributed by atoms with E-state index < -0.39 is 0 Å². The third-order valence-corrected chi connectivity index (χ3v) is 5.90. The van der Waals surface area contributed by atoms with Crippen molar-refractivity contribution in [1.82, 2.24) is 4.90 Å². The summed E-state index contributed by atoms with van der Waals surface area (Å²) in [6, 6.07) is 30.3. The smallest absolute Gasteiger partial charge is 0.119 e. The van der Waals surface area contributed by atoms with Crippen LogP contribution in [0.4, 0.5) is 17.1 Å². The Morgan fingerprint density at radius 1 is 0.735 bits per heavy atom. The van der Waals surface area contributed by atoms with Crippen LogP contribution in [-0.2, 0) is 6.61 Å². The number of ether oxygens (including phenoxy) is 1. The van der Waals surface area contributed by atoms with E-state index in [1.807, 2.05) is 54.6 Å². The minimum absolute atomic E-state index is 0.545. The quantitative estimate of drug-likeness (QED) is 0.239. The van der Waals surface area contributed by atoms with Crippen LogP contribution in [0.25, 0.3) is 10.8 Å². The molecule has 0 aliphatic rings.